The molecule has 0 aromatic heterocycles. The largest absolute Gasteiger partial charge is 0.503 e. The predicted molar refractivity (Wildman–Crippen MR) is 126 cm³/mol. The lowest BCUT2D eigenvalue weighted by Crippen LogP contribution is -2.32. The Morgan fingerprint density at radius 1 is 0.903 bits per heavy atom. The van der Waals surface area contributed by atoms with Crippen molar-refractivity contribution in [3.63, 3.8) is 0 Å². The van der Waals surface area contributed by atoms with Crippen LogP contribution in [0.1, 0.15) is 53.6 Å². The fourth-order valence-electron chi connectivity index (χ4n) is 4.22. The number of aliphatic hydroxyl groups excluding tert-OH is 1. The highest BCUT2D eigenvalue weighted by atomic mass is 16.3. The van der Waals surface area contributed by atoms with Gasteiger partial charge in [-0.05, 0) is 41.5 Å². The molecule has 0 unspecified atom stereocenters. The molecule has 3 aromatic rings. The normalized spacial score (nSPS) is 16.5. The molecule has 1 atom stereocenters. The maximum Gasteiger partial charge on any atom is 0.289 e. The summed E-state index contributed by atoms with van der Waals surface area (Å²) in [6.45, 7) is 6.92. The lowest BCUT2D eigenvalue weighted by Gasteiger charge is -2.28. The molecular weight excluding hydrogens is 382 g/mol. The summed E-state index contributed by atoms with van der Waals surface area (Å²) < 4.78 is 0. The van der Waals surface area contributed by atoms with E-state index in [1.807, 2.05) is 54.3 Å². The second-order valence-electron chi connectivity index (χ2n) is 8.59. The summed E-state index contributed by atoms with van der Waals surface area (Å²) in [5.74, 6) is -0.00625. The van der Waals surface area contributed by atoms with E-state index < -0.39 is 0 Å². The molecule has 0 spiro atoms. The molecule has 0 aliphatic carbocycles. The first-order chi connectivity index (χ1) is 15.0. The minimum Gasteiger partial charge on any atom is -0.503 e. The van der Waals surface area contributed by atoms with Crippen LogP contribution in [-0.2, 0) is 11.2 Å². The number of hydrogen-bond donors (Lipinski definition) is 1. The third kappa shape index (κ3) is 4.27. The number of rotatable bonds is 6. The van der Waals surface area contributed by atoms with Crippen LogP contribution in [0.3, 0.4) is 0 Å². The molecule has 1 aliphatic heterocycles. The van der Waals surface area contributed by atoms with Crippen molar-refractivity contribution in [2.75, 3.05) is 6.54 Å². The Kier molecular flexibility index (Phi) is 5.94. The highest BCUT2D eigenvalue weighted by Crippen LogP contribution is 2.43. The number of carbonyl (C=O) groups excluding carboxylic acids is 1. The molecule has 158 valence electrons. The van der Waals surface area contributed by atoms with Crippen LogP contribution in [0.4, 0.5) is 0 Å². The van der Waals surface area contributed by atoms with E-state index >= 15 is 0 Å². The van der Waals surface area contributed by atoms with E-state index in [2.05, 4.69) is 50.2 Å². The van der Waals surface area contributed by atoms with Gasteiger partial charge >= 0.3 is 0 Å². The zero-order valence-corrected chi connectivity index (χ0v) is 18.4. The van der Waals surface area contributed by atoms with Gasteiger partial charge in [-0.15, -0.1) is 0 Å². The van der Waals surface area contributed by atoms with E-state index in [1.165, 1.54) is 11.1 Å². The molecule has 1 heterocycles. The van der Waals surface area contributed by atoms with Gasteiger partial charge in [0, 0.05) is 12.1 Å². The van der Waals surface area contributed by atoms with Gasteiger partial charge in [0.15, 0.2) is 5.76 Å². The number of hydrogen-bond acceptors (Lipinski definition) is 2. The van der Waals surface area contributed by atoms with Crippen LogP contribution >= 0.6 is 0 Å². The number of aliphatic hydroxyl groups is 1. The minimum atomic E-state index is -0.305. The summed E-state index contributed by atoms with van der Waals surface area (Å²) in [6.07, 6.45) is 0.738. The molecule has 0 fully saturated rings. The lowest BCUT2D eigenvalue weighted by atomic mass is 9.91. The van der Waals surface area contributed by atoms with E-state index in [1.54, 1.807) is 0 Å². The first kappa shape index (κ1) is 20.9. The zero-order valence-electron chi connectivity index (χ0n) is 18.4. The summed E-state index contributed by atoms with van der Waals surface area (Å²) in [6, 6.07) is 26.3. The maximum atomic E-state index is 13.2. The van der Waals surface area contributed by atoms with Crippen molar-refractivity contribution in [2.45, 2.75) is 39.2 Å². The number of aryl methyl sites for hydroxylation is 1. The molecule has 0 bridgehead atoms. The van der Waals surface area contributed by atoms with Crippen LogP contribution in [0.5, 0.6) is 0 Å². The molecule has 0 saturated heterocycles. The summed E-state index contributed by atoms with van der Waals surface area (Å²) in [5.41, 5.74) is 6.17. The SMILES string of the molecule is Cc1ccc(C2=C(O)C(=O)N(CCc3ccccc3)[C@H]2c2ccc(C(C)C)cc2)cc1. The molecule has 1 amide bonds. The van der Waals surface area contributed by atoms with E-state index in [4.69, 9.17) is 0 Å². The van der Waals surface area contributed by atoms with Crippen molar-refractivity contribution in [3.8, 4) is 0 Å². The van der Waals surface area contributed by atoms with Crippen molar-refractivity contribution in [2.24, 2.45) is 0 Å². The Morgan fingerprint density at radius 2 is 1.55 bits per heavy atom. The smallest absolute Gasteiger partial charge is 0.289 e. The number of nitrogens with zero attached hydrogens (tertiary/aromatic N) is 1. The minimum absolute atomic E-state index is 0.144. The summed E-state index contributed by atoms with van der Waals surface area (Å²) in [4.78, 5) is 15.0. The Labute approximate surface area is 184 Å². The van der Waals surface area contributed by atoms with Crippen molar-refractivity contribution in [1.29, 1.82) is 0 Å². The van der Waals surface area contributed by atoms with E-state index in [0.29, 0.717) is 18.0 Å². The van der Waals surface area contributed by atoms with Gasteiger partial charge < -0.3 is 10.0 Å². The van der Waals surface area contributed by atoms with Crippen molar-refractivity contribution >= 4 is 11.5 Å². The van der Waals surface area contributed by atoms with Crippen molar-refractivity contribution < 1.29 is 9.90 Å². The first-order valence-electron chi connectivity index (χ1n) is 10.9. The maximum absolute atomic E-state index is 13.2. The van der Waals surface area contributed by atoms with Crippen LogP contribution in [0.15, 0.2) is 84.6 Å². The third-order valence-electron chi connectivity index (χ3n) is 6.07. The molecule has 3 aromatic carbocycles. The molecule has 1 aliphatic rings. The lowest BCUT2D eigenvalue weighted by molar-refractivity contribution is -0.129. The number of amides is 1. The Morgan fingerprint density at radius 3 is 2.16 bits per heavy atom. The fourth-order valence-corrected chi connectivity index (χ4v) is 4.22. The van der Waals surface area contributed by atoms with Crippen molar-refractivity contribution in [3.05, 3.63) is 112 Å². The van der Waals surface area contributed by atoms with Crippen LogP contribution in [-0.4, -0.2) is 22.5 Å². The molecule has 1 N–H and O–H groups in total. The number of carbonyl (C=O) groups is 1. The van der Waals surface area contributed by atoms with Gasteiger partial charge in [-0.1, -0.05) is 98.3 Å². The molecule has 31 heavy (non-hydrogen) atoms. The zero-order chi connectivity index (χ0) is 22.0. The molecule has 0 saturated carbocycles. The first-order valence-corrected chi connectivity index (χ1v) is 10.9. The van der Waals surface area contributed by atoms with E-state index in [-0.39, 0.29) is 17.7 Å². The van der Waals surface area contributed by atoms with Gasteiger partial charge in [0.1, 0.15) is 0 Å². The number of benzene rings is 3. The predicted octanol–water partition coefficient (Wildman–Crippen LogP) is 6.21. The summed E-state index contributed by atoms with van der Waals surface area (Å²) in [7, 11) is 0. The Balaban J connectivity index is 1.73. The molecular formula is C28H29NO2. The van der Waals surface area contributed by atoms with Gasteiger partial charge in [-0.2, -0.15) is 0 Å². The fraction of sp³-hybridized carbons (Fsp3) is 0.250. The quantitative estimate of drug-likeness (QED) is 0.523. The standard InChI is InChI=1S/C28H29NO2/c1-19(2)22-13-15-24(16-14-22)26-25(23-11-9-20(3)10-12-23)27(30)28(31)29(26)18-17-21-7-5-4-6-8-21/h4-16,19,26,30H,17-18H2,1-3H3/t26-/m0/s1. The molecule has 3 heteroatoms. The summed E-state index contributed by atoms with van der Waals surface area (Å²) >= 11 is 0. The third-order valence-corrected chi connectivity index (χ3v) is 6.07. The highest BCUT2D eigenvalue weighted by Gasteiger charge is 2.40. The second kappa shape index (κ2) is 8.81. The van der Waals surface area contributed by atoms with Gasteiger partial charge in [0.05, 0.1) is 6.04 Å². The van der Waals surface area contributed by atoms with Crippen LogP contribution in [0.25, 0.3) is 5.57 Å². The van der Waals surface area contributed by atoms with Crippen LogP contribution in [0.2, 0.25) is 0 Å². The van der Waals surface area contributed by atoms with Gasteiger partial charge in [0.2, 0.25) is 0 Å². The molecule has 3 nitrogen and oxygen atoms in total. The average Bonchev–Trinajstić information content (AvgIpc) is 3.04. The van der Waals surface area contributed by atoms with E-state index in [0.717, 1.165) is 23.1 Å². The molecule has 0 radical (unpaired) electrons. The van der Waals surface area contributed by atoms with Crippen molar-refractivity contribution in [1.82, 2.24) is 4.90 Å². The van der Waals surface area contributed by atoms with Gasteiger partial charge in [-0.3, -0.25) is 4.79 Å². The second-order valence-corrected chi connectivity index (χ2v) is 8.59. The average molecular weight is 412 g/mol. The van der Waals surface area contributed by atoms with Gasteiger partial charge in [0.25, 0.3) is 5.91 Å². The molecule has 4 rings (SSSR count). The Bertz CT molecular complexity index is 1080. The topological polar surface area (TPSA) is 40.5 Å². The monoisotopic (exact) mass is 411 g/mol. The Hall–Kier alpha value is -3.33. The summed E-state index contributed by atoms with van der Waals surface area (Å²) in [5, 5.41) is 10.9. The van der Waals surface area contributed by atoms with E-state index in [9.17, 15) is 9.90 Å². The van der Waals surface area contributed by atoms with Gasteiger partial charge in [-0.25, -0.2) is 0 Å². The highest BCUT2D eigenvalue weighted by molar-refractivity contribution is 6.05. The van der Waals surface area contributed by atoms with Crippen LogP contribution in [0, 0.1) is 6.92 Å². The van der Waals surface area contributed by atoms with Crippen LogP contribution < -0.4 is 0 Å².